The molecule has 0 radical (unpaired) electrons. The van der Waals surface area contributed by atoms with Gasteiger partial charge in [-0.2, -0.15) is 0 Å². The molecular weight excluding hydrogens is 240 g/mol. The normalized spacial score (nSPS) is 9.71. The predicted molar refractivity (Wildman–Crippen MR) is 66.6 cm³/mol. The summed E-state index contributed by atoms with van der Waals surface area (Å²) in [4.78, 5) is 11.6. The minimum atomic E-state index is -0.237. The summed E-state index contributed by atoms with van der Waals surface area (Å²) in [6.45, 7) is -0.223. The molecule has 0 aliphatic rings. The fourth-order valence-electron chi connectivity index (χ4n) is 1.16. The fraction of sp³-hybridized carbons (Fsp3) is 0.250. The molecule has 17 heavy (non-hydrogen) atoms. The van der Waals surface area contributed by atoms with E-state index in [0.29, 0.717) is 16.1 Å². The van der Waals surface area contributed by atoms with Gasteiger partial charge in [-0.25, -0.2) is 5.01 Å². The topological polar surface area (TPSA) is 52.6 Å². The Bertz CT molecular complexity index is 475. The first kappa shape index (κ1) is 13.5. The lowest BCUT2D eigenvalue weighted by Crippen LogP contribution is -2.36. The highest BCUT2D eigenvalue weighted by Gasteiger charge is 2.08. The molecule has 90 valence electrons. The van der Waals surface area contributed by atoms with Crippen LogP contribution in [-0.2, 0) is 0 Å². The first-order chi connectivity index (χ1) is 8.04. The Morgan fingerprint density at radius 1 is 1.53 bits per heavy atom. The number of nitrogens with one attached hydrogen (secondary N) is 1. The molecule has 0 atom stereocenters. The number of aliphatic hydroxyl groups is 1. The van der Waals surface area contributed by atoms with Crippen LogP contribution in [0.2, 0.25) is 5.02 Å². The second kappa shape index (κ2) is 6.26. The van der Waals surface area contributed by atoms with Crippen LogP contribution in [-0.4, -0.2) is 36.7 Å². The Balaban J connectivity index is 2.92. The van der Waals surface area contributed by atoms with Crippen molar-refractivity contribution in [2.45, 2.75) is 0 Å². The molecule has 0 fully saturated rings. The van der Waals surface area contributed by atoms with Gasteiger partial charge in [0.15, 0.2) is 0 Å². The smallest absolute Gasteiger partial charge is 0.265 e. The second-order valence-electron chi connectivity index (χ2n) is 3.49. The van der Waals surface area contributed by atoms with Gasteiger partial charge in [0, 0.05) is 25.2 Å². The van der Waals surface area contributed by atoms with Crippen LogP contribution in [0.5, 0.6) is 0 Å². The summed E-state index contributed by atoms with van der Waals surface area (Å²) in [7, 11) is 3.45. The van der Waals surface area contributed by atoms with Crippen molar-refractivity contribution in [3.05, 3.63) is 34.3 Å². The van der Waals surface area contributed by atoms with Gasteiger partial charge in [0.25, 0.3) is 5.91 Å². The molecule has 1 amide bonds. The van der Waals surface area contributed by atoms with Crippen molar-refractivity contribution < 1.29 is 9.90 Å². The summed E-state index contributed by atoms with van der Waals surface area (Å²) < 4.78 is 0. The van der Waals surface area contributed by atoms with Crippen LogP contribution in [0.3, 0.4) is 0 Å². The predicted octanol–water partition coefficient (Wildman–Crippen LogP) is 0.890. The monoisotopic (exact) mass is 252 g/mol. The van der Waals surface area contributed by atoms with E-state index >= 15 is 0 Å². The van der Waals surface area contributed by atoms with E-state index in [1.54, 1.807) is 37.3 Å². The Morgan fingerprint density at radius 2 is 2.24 bits per heavy atom. The van der Waals surface area contributed by atoms with Crippen molar-refractivity contribution in [1.82, 2.24) is 10.4 Å². The van der Waals surface area contributed by atoms with Gasteiger partial charge in [-0.3, -0.25) is 10.2 Å². The zero-order valence-electron chi connectivity index (χ0n) is 9.62. The van der Waals surface area contributed by atoms with Gasteiger partial charge >= 0.3 is 0 Å². The SMILES string of the molecule is CN(C)NC(=O)c1ccc(C#CCO)c(Cl)c1. The molecule has 0 bridgehead atoms. The molecule has 0 spiro atoms. The third-order valence-corrected chi connectivity index (χ3v) is 2.17. The van der Waals surface area contributed by atoms with Gasteiger partial charge in [0.05, 0.1) is 5.02 Å². The molecule has 0 saturated carbocycles. The molecule has 0 saturated heterocycles. The minimum Gasteiger partial charge on any atom is -0.384 e. The van der Waals surface area contributed by atoms with E-state index in [9.17, 15) is 4.79 Å². The van der Waals surface area contributed by atoms with Gasteiger partial charge in [-0.05, 0) is 18.2 Å². The Hall–Kier alpha value is -1.54. The first-order valence-electron chi connectivity index (χ1n) is 4.92. The van der Waals surface area contributed by atoms with E-state index in [4.69, 9.17) is 16.7 Å². The lowest BCUT2D eigenvalue weighted by Gasteiger charge is -2.11. The molecule has 1 rings (SSSR count). The average Bonchev–Trinajstić information content (AvgIpc) is 2.26. The number of carbonyl (C=O) groups is 1. The quantitative estimate of drug-likeness (QED) is 0.607. The van der Waals surface area contributed by atoms with Crippen molar-refractivity contribution in [2.75, 3.05) is 20.7 Å². The highest BCUT2D eigenvalue weighted by Crippen LogP contribution is 2.16. The summed E-state index contributed by atoms with van der Waals surface area (Å²) in [5.74, 6) is 4.96. The molecule has 1 aromatic rings. The number of nitrogens with zero attached hydrogens (tertiary/aromatic N) is 1. The number of hydrogen-bond acceptors (Lipinski definition) is 3. The molecule has 0 aliphatic heterocycles. The Labute approximate surface area is 105 Å². The van der Waals surface area contributed by atoms with Crippen molar-refractivity contribution in [2.24, 2.45) is 0 Å². The lowest BCUT2D eigenvalue weighted by molar-refractivity contribution is 0.0857. The summed E-state index contributed by atoms with van der Waals surface area (Å²) in [5, 5.41) is 10.5. The van der Waals surface area contributed by atoms with E-state index in [-0.39, 0.29) is 12.5 Å². The largest absolute Gasteiger partial charge is 0.384 e. The van der Waals surface area contributed by atoms with Gasteiger partial charge in [-0.15, -0.1) is 0 Å². The van der Waals surface area contributed by atoms with Gasteiger partial charge in [0.2, 0.25) is 0 Å². The van der Waals surface area contributed by atoms with Crippen LogP contribution in [0.15, 0.2) is 18.2 Å². The maximum Gasteiger partial charge on any atom is 0.265 e. The molecule has 5 heteroatoms. The van der Waals surface area contributed by atoms with Crippen LogP contribution in [0.1, 0.15) is 15.9 Å². The first-order valence-corrected chi connectivity index (χ1v) is 5.30. The van der Waals surface area contributed by atoms with E-state index in [1.165, 1.54) is 0 Å². The Morgan fingerprint density at radius 3 is 2.76 bits per heavy atom. The highest BCUT2D eigenvalue weighted by atomic mass is 35.5. The van der Waals surface area contributed by atoms with E-state index in [0.717, 1.165) is 0 Å². The summed E-state index contributed by atoms with van der Waals surface area (Å²) in [6, 6.07) is 4.82. The number of amides is 1. The zero-order chi connectivity index (χ0) is 12.8. The van der Waals surface area contributed by atoms with Gasteiger partial charge in [0.1, 0.15) is 6.61 Å². The average molecular weight is 253 g/mol. The van der Waals surface area contributed by atoms with Crippen LogP contribution in [0.25, 0.3) is 0 Å². The third-order valence-electron chi connectivity index (χ3n) is 1.86. The Kier molecular flexibility index (Phi) is 4.98. The van der Waals surface area contributed by atoms with Crippen molar-refractivity contribution in [3.8, 4) is 11.8 Å². The van der Waals surface area contributed by atoms with E-state index < -0.39 is 0 Å². The zero-order valence-corrected chi connectivity index (χ0v) is 10.4. The maximum atomic E-state index is 11.6. The van der Waals surface area contributed by atoms with E-state index in [2.05, 4.69) is 17.3 Å². The lowest BCUT2D eigenvalue weighted by atomic mass is 10.1. The van der Waals surface area contributed by atoms with Crippen molar-refractivity contribution in [1.29, 1.82) is 0 Å². The van der Waals surface area contributed by atoms with Crippen LogP contribution in [0.4, 0.5) is 0 Å². The second-order valence-corrected chi connectivity index (χ2v) is 3.90. The number of aliphatic hydroxyl groups excluding tert-OH is 1. The summed E-state index contributed by atoms with van der Waals surface area (Å²) in [5.41, 5.74) is 3.65. The third kappa shape index (κ3) is 4.08. The minimum absolute atomic E-state index is 0.223. The van der Waals surface area contributed by atoms with E-state index in [1.807, 2.05) is 0 Å². The van der Waals surface area contributed by atoms with Crippen molar-refractivity contribution >= 4 is 17.5 Å². The molecule has 2 N–H and O–H groups in total. The highest BCUT2D eigenvalue weighted by molar-refractivity contribution is 6.32. The van der Waals surface area contributed by atoms with Crippen LogP contribution >= 0.6 is 11.6 Å². The number of benzene rings is 1. The van der Waals surface area contributed by atoms with Crippen LogP contribution in [0, 0.1) is 11.8 Å². The molecular formula is C12H13ClN2O2. The van der Waals surface area contributed by atoms with Crippen LogP contribution < -0.4 is 5.43 Å². The molecule has 0 unspecified atom stereocenters. The molecule has 0 aliphatic carbocycles. The molecule has 4 nitrogen and oxygen atoms in total. The molecule has 0 aromatic heterocycles. The fourth-order valence-corrected chi connectivity index (χ4v) is 1.39. The summed E-state index contributed by atoms with van der Waals surface area (Å²) in [6.07, 6.45) is 0. The number of hydrazine groups is 1. The number of hydrogen-bond donors (Lipinski definition) is 2. The van der Waals surface area contributed by atoms with Gasteiger partial charge < -0.3 is 5.11 Å². The standard InChI is InChI=1S/C12H13ClN2O2/c1-15(2)14-12(17)10-6-5-9(4-3-7-16)11(13)8-10/h5-6,8,16H,7H2,1-2H3,(H,14,17). The number of carbonyl (C=O) groups excluding carboxylic acids is 1. The van der Waals surface area contributed by atoms with Gasteiger partial charge in [-0.1, -0.05) is 23.4 Å². The maximum absolute atomic E-state index is 11.6. The molecule has 0 heterocycles. The number of halogens is 1. The number of rotatable bonds is 2. The van der Waals surface area contributed by atoms with Crippen molar-refractivity contribution in [3.63, 3.8) is 0 Å². The summed E-state index contributed by atoms with van der Waals surface area (Å²) >= 11 is 5.97. The molecule has 1 aromatic carbocycles.